The molecule has 2 N–H and O–H groups in total. The van der Waals surface area contributed by atoms with Crippen molar-refractivity contribution in [1.82, 2.24) is 20.2 Å². The smallest absolute Gasteiger partial charge is 0.261 e. The van der Waals surface area contributed by atoms with Gasteiger partial charge in [0.1, 0.15) is 18.0 Å². The number of tetrazole rings is 1. The fourth-order valence-electron chi connectivity index (χ4n) is 2.79. The van der Waals surface area contributed by atoms with Crippen LogP contribution in [0.15, 0.2) is 71.9 Å². The fourth-order valence-corrected chi connectivity index (χ4v) is 4.08. The van der Waals surface area contributed by atoms with Gasteiger partial charge in [0.2, 0.25) is 0 Å². The highest BCUT2D eigenvalue weighted by molar-refractivity contribution is 7.92. The lowest BCUT2D eigenvalue weighted by Gasteiger charge is -2.12. The minimum Gasteiger partial charge on any atom is -0.319 e. The number of hydrogen-bond acceptors (Lipinski definition) is 6. The molecule has 0 radical (unpaired) electrons. The van der Waals surface area contributed by atoms with Gasteiger partial charge in [0, 0.05) is 5.56 Å². The zero-order valence-corrected chi connectivity index (χ0v) is 18.0. The lowest BCUT2D eigenvalue weighted by Crippen LogP contribution is -2.16. The molecule has 13 heteroatoms. The summed E-state index contributed by atoms with van der Waals surface area (Å²) in [6.07, 6.45) is 1.30. The van der Waals surface area contributed by atoms with Gasteiger partial charge in [-0.05, 0) is 71.1 Å². The predicted octanol–water partition coefficient (Wildman–Crippen LogP) is 3.65. The van der Waals surface area contributed by atoms with Crippen molar-refractivity contribution in [2.75, 3.05) is 10.0 Å². The molecule has 4 aromatic rings. The number of amides is 1. The highest BCUT2D eigenvalue weighted by atomic mass is 35.5. The zero-order chi connectivity index (χ0) is 23.6. The van der Waals surface area contributed by atoms with Gasteiger partial charge in [-0.3, -0.25) is 9.52 Å². The first-order chi connectivity index (χ1) is 15.7. The zero-order valence-electron chi connectivity index (χ0n) is 16.4. The number of nitrogens with one attached hydrogen (secondary N) is 2. The first-order valence-electron chi connectivity index (χ1n) is 9.15. The number of aromatic nitrogens is 4. The Morgan fingerprint density at radius 3 is 2.42 bits per heavy atom. The van der Waals surface area contributed by atoms with Gasteiger partial charge in [0.25, 0.3) is 15.9 Å². The number of hydrogen-bond donors (Lipinski definition) is 2. The van der Waals surface area contributed by atoms with Crippen molar-refractivity contribution in [1.29, 1.82) is 0 Å². The van der Waals surface area contributed by atoms with E-state index < -0.39 is 27.6 Å². The van der Waals surface area contributed by atoms with Crippen molar-refractivity contribution in [3.05, 3.63) is 89.2 Å². The number of carbonyl (C=O) groups is 1. The third-order valence-corrected chi connectivity index (χ3v) is 6.12. The van der Waals surface area contributed by atoms with Crippen LogP contribution < -0.4 is 10.0 Å². The number of halogens is 3. The van der Waals surface area contributed by atoms with Gasteiger partial charge in [0.05, 0.1) is 27.0 Å². The molecule has 0 spiro atoms. The molecule has 0 saturated heterocycles. The van der Waals surface area contributed by atoms with Crippen LogP contribution in [-0.4, -0.2) is 34.5 Å². The minimum absolute atomic E-state index is 0.00318. The maximum absolute atomic E-state index is 14.3. The summed E-state index contributed by atoms with van der Waals surface area (Å²) >= 11 is 6.08. The van der Waals surface area contributed by atoms with Crippen molar-refractivity contribution < 1.29 is 22.0 Å². The van der Waals surface area contributed by atoms with Gasteiger partial charge >= 0.3 is 0 Å². The van der Waals surface area contributed by atoms with E-state index in [0.717, 1.165) is 30.3 Å². The lowest BCUT2D eigenvalue weighted by molar-refractivity contribution is 0.102. The standard InChI is InChI=1S/C20H13ClF2N6O3S/c21-16-7-1-12(9-18(16)26-33(31,32)15-5-2-13(22)3-6-15)20(30)25-19-10-14(4-8-17(19)23)29-11-24-27-28-29/h1-11,26H,(H,25,30). The van der Waals surface area contributed by atoms with E-state index in [1.165, 1.54) is 41.3 Å². The van der Waals surface area contributed by atoms with Crippen molar-refractivity contribution in [3.63, 3.8) is 0 Å². The summed E-state index contributed by atoms with van der Waals surface area (Å²) in [6.45, 7) is 0. The number of anilines is 2. The molecular weight excluding hydrogens is 478 g/mol. The van der Waals surface area contributed by atoms with E-state index in [-0.39, 0.29) is 26.9 Å². The van der Waals surface area contributed by atoms with Crippen LogP contribution in [0.3, 0.4) is 0 Å². The summed E-state index contributed by atoms with van der Waals surface area (Å²) in [7, 11) is -4.11. The molecule has 1 heterocycles. The topological polar surface area (TPSA) is 119 Å². The molecule has 0 saturated carbocycles. The number of benzene rings is 3. The Kier molecular flexibility index (Phi) is 6.03. The second-order valence-corrected chi connectivity index (χ2v) is 8.72. The average molecular weight is 491 g/mol. The van der Waals surface area contributed by atoms with Crippen molar-refractivity contribution in [3.8, 4) is 5.69 Å². The van der Waals surface area contributed by atoms with Gasteiger partial charge in [0.15, 0.2) is 0 Å². The molecule has 3 aromatic carbocycles. The molecule has 33 heavy (non-hydrogen) atoms. The van der Waals surface area contributed by atoms with Crippen LogP contribution in [0.4, 0.5) is 20.2 Å². The Labute approximate surface area is 191 Å². The maximum atomic E-state index is 14.3. The Bertz CT molecular complexity index is 1430. The molecule has 0 atom stereocenters. The third-order valence-electron chi connectivity index (χ3n) is 4.41. The Balaban J connectivity index is 1.58. The number of carbonyl (C=O) groups excluding carboxylic acids is 1. The Morgan fingerprint density at radius 1 is 0.970 bits per heavy atom. The Hall–Kier alpha value is -3.90. The third kappa shape index (κ3) is 4.96. The SMILES string of the molecule is O=C(Nc1cc(-n2cnnn2)ccc1F)c1ccc(Cl)c(NS(=O)(=O)c2ccc(F)cc2)c1. The van der Waals surface area contributed by atoms with E-state index in [2.05, 4.69) is 25.6 Å². The normalized spacial score (nSPS) is 11.2. The van der Waals surface area contributed by atoms with E-state index in [4.69, 9.17) is 11.6 Å². The summed E-state index contributed by atoms with van der Waals surface area (Å²) in [5.41, 5.74) is 0.178. The van der Waals surface area contributed by atoms with Crippen LogP contribution in [0.25, 0.3) is 5.69 Å². The average Bonchev–Trinajstić information content (AvgIpc) is 3.32. The summed E-state index contributed by atoms with van der Waals surface area (Å²) in [5.74, 6) is -2.02. The summed E-state index contributed by atoms with van der Waals surface area (Å²) < 4.78 is 56.0. The molecule has 0 fully saturated rings. The molecule has 0 aliphatic heterocycles. The second-order valence-electron chi connectivity index (χ2n) is 6.63. The first-order valence-corrected chi connectivity index (χ1v) is 11.0. The molecule has 1 aromatic heterocycles. The van der Waals surface area contributed by atoms with Gasteiger partial charge in [-0.1, -0.05) is 11.6 Å². The van der Waals surface area contributed by atoms with Gasteiger partial charge in [-0.15, -0.1) is 5.10 Å². The van der Waals surface area contributed by atoms with Crippen LogP contribution in [0.1, 0.15) is 10.4 Å². The van der Waals surface area contributed by atoms with Crippen molar-refractivity contribution in [2.45, 2.75) is 4.90 Å². The first kappa shape index (κ1) is 22.3. The van der Waals surface area contributed by atoms with Crippen LogP contribution in [0, 0.1) is 11.6 Å². The summed E-state index contributed by atoms with van der Waals surface area (Å²) in [5, 5.41) is 13.1. The molecule has 4 rings (SSSR count). The molecule has 0 aliphatic rings. The van der Waals surface area contributed by atoms with E-state index >= 15 is 0 Å². The largest absolute Gasteiger partial charge is 0.319 e. The molecule has 168 valence electrons. The van der Waals surface area contributed by atoms with Crippen LogP contribution >= 0.6 is 11.6 Å². The highest BCUT2D eigenvalue weighted by Gasteiger charge is 2.18. The van der Waals surface area contributed by atoms with E-state index in [1.807, 2.05) is 0 Å². The number of rotatable bonds is 6. The van der Waals surface area contributed by atoms with Crippen LogP contribution in [-0.2, 0) is 10.0 Å². The highest BCUT2D eigenvalue weighted by Crippen LogP contribution is 2.27. The molecule has 1 amide bonds. The minimum atomic E-state index is -4.11. The van der Waals surface area contributed by atoms with Crippen LogP contribution in [0.2, 0.25) is 5.02 Å². The predicted molar refractivity (Wildman–Crippen MR) is 116 cm³/mol. The van der Waals surface area contributed by atoms with Crippen LogP contribution in [0.5, 0.6) is 0 Å². The maximum Gasteiger partial charge on any atom is 0.261 e. The summed E-state index contributed by atoms with van der Waals surface area (Å²) in [4.78, 5) is 12.5. The van der Waals surface area contributed by atoms with Gasteiger partial charge < -0.3 is 5.32 Å². The molecule has 0 unspecified atom stereocenters. The quantitative estimate of drug-likeness (QED) is 0.426. The number of sulfonamides is 1. The van der Waals surface area contributed by atoms with Gasteiger partial charge in [-0.2, -0.15) is 0 Å². The Morgan fingerprint density at radius 2 is 1.73 bits per heavy atom. The number of nitrogens with zero attached hydrogens (tertiary/aromatic N) is 4. The van der Waals surface area contributed by atoms with Gasteiger partial charge in [-0.25, -0.2) is 21.9 Å². The lowest BCUT2D eigenvalue weighted by atomic mass is 10.2. The molecular formula is C20H13ClF2N6O3S. The van der Waals surface area contributed by atoms with E-state index in [9.17, 15) is 22.0 Å². The fraction of sp³-hybridized carbons (Fsp3) is 0. The van der Waals surface area contributed by atoms with E-state index in [0.29, 0.717) is 5.69 Å². The van der Waals surface area contributed by atoms with Crippen molar-refractivity contribution in [2.24, 2.45) is 0 Å². The second kappa shape index (κ2) is 8.92. The van der Waals surface area contributed by atoms with Crippen molar-refractivity contribution >= 4 is 38.9 Å². The monoisotopic (exact) mass is 490 g/mol. The molecule has 9 nitrogen and oxygen atoms in total. The summed E-state index contributed by atoms with van der Waals surface area (Å²) in [6, 6.07) is 11.9. The molecule has 0 aliphatic carbocycles. The van der Waals surface area contributed by atoms with E-state index in [1.54, 1.807) is 0 Å². The molecule has 0 bridgehead atoms.